The van der Waals surface area contributed by atoms with Gasteiger partial charge in [-0.25, -0.2) is 0 Å². The molecule has 0 aromatic carbocycles. The summed E-state index contributed by atoms with van der Waals surface area (Å²) in [5, 5.41) is 0. The van der Waals surface area contributed by atoms with Crippen molar-refractivity contribution in [2.45, 2.75) is 5.82 Å². The zero-order valence-electron chi connectivity index (χ0n) is 6.77. The van der Waals surface area contributed by atoms with Gasteiger partial charge < -0.3 is 15.4 Å². The molecule has 1 heterocycles. The largest absolute Gasteiger partial charge is 0.341 e. The molecule has 12 heavy (non-hydrogen) atoms. The second-order valence-electron chi connectivity index (χ2n) is 2.90. The van der Waals surface area contributed by atoms with Gasteiger partial charge in [0.1, 0.15) is 6.29 Å². The summed E-state index contributed by atoms with van der Waals surface area (Å²) in [6.07, 6.45) is 0.735. The molecule has 1 amide bonds. The van der Waals surface area contributed by atoms with E-state index in [1.807, 2.05) is 0 Å². The fraction of sp³-hybridized carbons (Fsp3) is 0.714. The second kappa shape index (κ2) is 3.71. The van der Waals surface area contributed by atoms with Crippen molar-refractivity contribution in [3.8, 4) is 0 Å². The van der Waals surface area contributed by atoms with E-state index in [9.17, 15) is 9.59 Å². The first-order valence-electron chi connectivity index (χ1n) is 3.90. The predicted octanol–water partition coefficient (Wildman–Crippen LogP) is -1.44. The zero-order valence-corrected chi connectivity index (χ0v) is 6.77. The molecule has 2 N–H and O–H groups in total. The summed E-state index contributed by atoms with van der Waals surface area (Å²) >= 11 is 0. The maximum Gasteiger partial charge on any atom is 0.217 e. The fourth-order valence-electron chi connectivity index (χ4n) is 1.34. The van der Waals surface area contributed by atoms with E-state index in [-0.39, 0.29) is 11.8 Å². The van der Waals surface area contributed by atoms with Gasteiger partial charge in [-0.15, -0.1) is 0 Å². The van der Waals surface area contributed by atoms with Crippen LogP contribution >= 0.6 is 0 Å². The zero-order chi connectivity index (χ0) is 9.14. The Morgan fingerprint density at radius 3 is 2.83 bits per heavy atom. The molecule has 2 radical (unpaired) electrons. The first kappa shape index (κ1) is 9.25. The third kappa shape index (κ3) is 1.50. The third-order valence-corrected chi connectivity index (χ3v) is 2.06. The average molecular weight is 166 g/mol. The van der Waals surface area contributed by atoms with E-state index >= 15 is 0 Å². The molecule has 1 saturated heterocycles. The Labute approximate surface area is 72.5 Å². The summed E-state index contributed by atoms with van der Waals surface area (Å²) in [5.41, 5.74) is 5.28. The fourth-order valence-corrected chi connectivity index (χ4v) is 1.34. The SMILES string of the molecule is [B]C1C(=O)N(CCN)CC1C=O. The third-order valence-electron chi connectivity index (χ3n) is 2.06. The molecule has 2 atom stereocenters. The Hall–Kier alpha value is -0.835. The minimum atomic E-state index is -0.658. The van der Waals surface area contributed by atoms with Crippen LogP contribution in [-0.4, -0.2) is 44.6 Å². The lowest BCUT2D eigenvalue weighted by molar-refractivity contribution is -0.127. The standard InChI is InChI=1S/C7H11BN2O2/c8-6-5(4-11)3-10(2-1-9)7(6)12/h4-6H,1-3,9H2. The molecular formula is C7H11BN2O2. The van der Waals surface area contributed by atoms with Crippen LogP contribution in [0.3, 0.4) is 0 Å². The highest BCUT2D eigenvalue weighted by atomic mass is 16.2. The van der Waals surface area contributed by atoms with Crippen molar-refractivity contribution >= 4 is 20.0 Å². The smallest absolute Gasteiger partial charge is 0.217 e. The van der Waals surface area contributed by atoms with Gasteiger partial charge in [0.05, 0.1) is 7.85 Å². The van der Waals surface area contributed by atoms with Crippen LogP contribution in [0.5, 0.6) is 0 Å². The number of amides is 1. The molecule has 0 aromatic heterocycles. The number of carbonyl (C=O) groups excluding carboxylic acids is 2. The molecule has 0 bridgehead atoms. The van der Waals surface area contributed by atoms with E-state index in [0.717, 1.165) is 6.29 Å². The summed E-state index contributed by atoms with van der Waals surface area (Å²) in [5.74, 6) is -1.18. The van der Waals surface area contributed by atoms with Gasteiger partial charge in [0.15, 0.2) is 0 Å². The van der Waals surface area contributed by atoms with Crippen LogP contribution in [0.25, 0.3) is 0 Å². The molecule has 4 nitrogen and oxygen atoms in total. The quantitative estimate of drug-likeness (QED) is 0.412. The van der Waals surface area contributed by atoms with Crippen LogP contribution in [0, 0.1) is 5.92 Å². The molecule has 5 heteroatoms. The summed E-state index contributed by atoms with van der Waals surface area (Å²) in [6.45, 7) is 1.31. The first-order valence-corrected chi connectivity index (χ1v) is 3.90. The van der Waals surface area contributed by atoms with Gasteiger partial charge in [0, 0.05) is 31.4 Å². The molecular weight excluding hydrogens is 155 g/mol. The van der Waals surface area contributed by atoms with Crippen LogP contribution in [0.1, 0.15) is 0 Å². The lowest BCUT2D eigenvalue weighted by Crippen LogP contribution is -2.31. The van der Waals surface area contributed by atoms with Crippen LogP contribution in [0.2, 0.25) is 5.82 Å². The van der Waals surface area contributed by atoms with Crippen LogP contribution in [-0.2, 0) is 9.59 Å². The Kier molecular flexibility index (Phi) is 2.86. The summed E-state index contributed by atoms with van der Waals surface area (Å²) < 4.78 is 0. The van der Waals surface area contributed by atoms with Gasteiger partial charge in [-0.05, 0) is 0 Å². The summed E-state index contributed by atoms with van der Waals surface area (Å²) in [7, 11) is 5.49. The highest BCUT2D eigenvalue weighted by molar-refractivity contribution is 6.25. The highest BCUT2D eigenvalue weighted by Gasteiger charge is 2.35. The number of nitrogens with zero attached hydrogens (tertiary/aromatic N) is 1. The number of aldehydes is 1. The van der Waals surface area contributed by atoms with E-state index in [0.29, 0.717) is 19.6 Å². The lowest BCUT2D eigenvalue weighted by atomic mass is 9.79. The van der Waals surface area contributed by atoms with Crippen LogP contribution < -0.4 is 5.73 Å². The van der Waals surface area contributed by atoms with Crippen molar-refractivity contribution in [3.63, 3.8) is 0 Å². The van der Waals surface area contributed by atoms with E-state index in [2.05, 4.69) is 0 Å². The van der Waals surface area contributed by atoms with E-state index in [1.165, 1.54) is 4.90 Å². The Morgan fingerprint density at radius 1 is 1.75 bits per heavy atom. The van der Waals surface area contributed by atoms with Crippen molar-refractivity contribution in [3.05, 3.63) is 0 Å². The van der Waals surface area contributed by atoms with Crippen molar-refractivity contribution in [2.75, 3.05) is 19.6 Å². The van der Waals surface area contributed by atoms with Gasteiger partial charge in [-0.3, -0.25) is 4.79 Å². The van der Waals surface area contributed by atoms with Crippen LogP contribution in [0.4, 0.5) is 0 Å². The van der Waals surface area contributed by atoms with Gasteiger partial charge in [-0.1, -0.05) is 0 Å². The second-order valence-corrected chi connectivity index (χ2v) is 2.90. The Morgan fingerprint density at radius 2 is 2.42 bits per heavy atom. The maximum absolute atomic E-state index is 11.3. The summed E-state index contributed by atoms with van der Waals surface area (Å²) in [4.78, 5) is 23.2. The van der Waals surface area contributed by atoms with Crippen molar-refractivity contribution in [1.29, 1.82) is 0 Å². The van der Waals surface area contributed by atoms with Gasteiger partial charge in [0.2, 0.25) is 5.91 Å². The Balaban J connectivity index is 2.60. The molecule has 0 aliphatic carbocycles. The Bertz CT molecular complexity index is 198. The molecule has 0 spiro atoms. The van der Waals surface area contributed by atoms with E-state index < -0.39 is 5.82 Å². The lowest BCUT2D eigenvalue weighted by Gasteiger charge is -2.13. The number of nitrogens with two attached hydrogens (primary N) is 1. The normalized spacial score (nSPS) is 29.4. The number of hydrogen-bond acceptors (Lipinski definition) is 3. The van der Waals surface area contributed by atoms with Crippen molar-refractivity contribution in [1.82, 2.24) is 4.90 Å². The predicted molar refractivity (Wildman–Crippen MR) is 44.7 cm³/mol. The van der Waals surface area contributed by atoms with Gasteiger partial charge in [0.25, 0.3) is 0 Å². The molecule has 1 aliphatic rings. The van der Waals surface area contributed by atoms with Gasteiger partial charge in [-0.2, -0.15) is 0 Å². The monoisotopic (exact) mass is 166 g/mol. The van der Waals surface area contributed by atoms with Crippen molar-refractivity contribution in [2.24, 2.45) is 11.7 Å². The minimum Gasteiger partial charge on any atom is -0.341 e. The number of carbonyl (C=O) groups is 2. The van der Waals surface area contributed by atoms with E-state index in [4.69, 9.17) is 13.6 Å². The van der Waals surface area contributed by atoms with Crippen molar-refractivity contribution < 1.29 is 9.59 Å². The molecule has 0 aromatic rings. The molecule has 0 saturated carbocycles. The molecule has 1 fully saturated rings. The summed E-state index contributed by atoms with van der Waals surface area (Å²) in [6, 6.07) is 0. The molecule has 2 unspecified atom stereocenters. The average Bonchev–Trinajstić information content (AvgIpc) is 2.33. The minimum absolute atomic E-state index is 0.169. The number of rotatable bonds is 3. The number of likely N-dealkylation sites (tertiary alicyclic amines) is 1. The molecule has 1 aliphatic heterocycles. The molecule has 1 rings (SSSR count). The number of hydrogen-bond donors (Lipinski definition) is 1. The van der Waals surface area contributed by atoms with Gasteiger partial charge >= 0.3 is 0 Å². The van der Waals surface area contributed by atoms with E-state index in [1.54, 1.807) is 0 Å². The van der Waals surface area contributed by atoms with Crippen LogP contribution in [0.15, 0.2) is 0 Å². The first-order chi connectivity index (χ1) is 5.70. The highest BCUT2D eigenvalue weighted by Crippen LogP contribution is 2.24. The topological polar surface area (TPSA) is 63.4 Å². The molecule has 64 valence electrons. The maximum atomic E-state index is 11.3.